The van der Waals surface area contributed by atoms with Gasteiger partial charge in [-0.05, 0) is 18.6 Å². The van der Waals surface area contributed by atoms with Gasteiger partial charge in [0.05, 0.1) is 23.6 Å². The number of benzene rings is 1. The first-order valence-corrected chi connectivity index (χ1v) is 11.0. The molecule has 10 heteroatoms. The van der Waals surface area contributed by atoms with E-state index in [2.05, 4.69) is 5.32 Å². The molecule has 1 atom stereocenters. The number of carbonyl (C=O) groups is 3. The zero-order valence-corrected chi connectivity index (χ0v) is 16.8. The molecule has 8 nitrogen and oxygen atoms in total. The molecule has 1 aromatic rings. The molecule has 27 heavy (non-hydrogen) atoms. The van der Waals surface area contributed by atoms with Crippen LogP contribution in [0.1, 0.15) is 16.8 Å². The number of hydrogen-bond donors (Lipinski definition) is 1. The van der Waals surface area contributed by atoms with E-state index in [1.807, 2.05) is 0 Å². The molecule has 1 saturated heterocycles. The van der Waals surface area contributed by atoms with E-state index < -0.39 is 28.3 Å². The van der Waals surface area contributed by atoms with Gasteiger partial charge in [-0.25, -0.2) is 13.2 Å². The summed E-state index contributed by atoms with van der Waals surface area (Å²) in [5.74, 6) is -1.25. The van der Waals surface area contributed by atoms with Crippen molar-refractivity contribution in [3.8, 4) is 0 Å². The van der Waals surface area contributed by atoms with Gasteiger partial charge in [0.15, 0.2) is 16.4 Å². The second-order valence-corrected chi connectivity index (χ2v) is 9.71. The fraction of sp³-hybridized carbons (Fsp3) is 0.471. The lowest BCUT2D eigenvalue weighted by atomic mass is 10.2. The summed E-state index contributed by atoms with van der Waals surface area (Å²) in [6.07, 6.45) is 0.541. The van der Waals surface area contributed by atoms with E-state index in [0.29, 0.717) is 11.3 Å². The molecule has 0 spiro atoms. The highest BCUT2D eigenvalue weighted by atomic mass is 32.2. The first-order chi connectivity index (χ1) is 12.7. The van der Waals surface area contributed by atoms with Crippen LogP contribution in [0.4, 0.5) is 0 Å². The number of nitrogens with zero attached hydrogens (tertiary/aromatic N) is 1. The van der Waals surface area contributed by atoms with Crippen molar-refractivity contribution in [1.29, 1.82) is 0 Å². The lowest BCUT2D eigenvalue weighted by Gasteiger charge is -2.16. The number of rotatable bonds is 7. The molecule has 0 radical (unpaired) electrons. The van der Waals surface area contributed by atoms with E-state index in [1.165, 1.54) is 25.9 Å². The summed E-state index contributed by atoms with van der Waals surface area (Å²) < 4.78 is 28.3. The molecule has 0 unspecified atom stereocenters. The summed E-state index contributed by atoms with van der Waals surface area (Å²) in [6, 6.07) is 6.73. The summed E-state index contributed by atoms with van der Waals surface area (Å²) in [6.45, 7) is -0.612. The number of sulfone groups is 1. The SMILES string of the molecule is CNC(=O)CN(C)C(=O)COC(=O)c1ccccc1S[C@@H]1CCS(=O)(=O)C1. The predicted molar refractivity (Wildman–Crippen MR) is 101 cm³/mol. The van der Waals surface area contributed by atoms with Gasteiger partial charge < -0.3 is 15.0 Å². The van der Waals surface area contributed by atoms with Gasteiger partial charge in [-0.2, -0.15) is 0 Å². The molecular formula is C17H22N2O6S2. The lowest BCUT2D eigenvalue weighted by Crippen LogP contribution is -2.39. The van der Waals surface area contributed by atoms with Crippen molar-refractivity contribution in [2.24, 2.45) is 0 Å². The highest BCUT2D eigenvalue weighted by molar-refractivity contribution is 8.02. The van der Waals surface area contributed by atoms with Gasteiger partial charge in [0, 0.05) is 24.2 Å². The van der Waals surface area contributed by atoms with Gasteiger partial charge in [-0.15, -0.1) is 11.8 Å². The van der Waals surface area contributed by atoms with Crippen molar-refractivity contribution >= 4 is 39.4 Å². The minimum absolute atomic E-state index is 0.0871. The van der Waals surface area contributed by atoms with Crippen molar-refractivity contribution in [3.05, 3.63) is 29.8 Å². The largest absolute Gasteiger partial charge is 0.452 e. The molecule has 2 amide bonds. The minimum atomic E-state index is -3.01. The predicted octanol–water partition coefficient (Wildman–Crippen LogP) is 0.327. The third-order valence-corrected chi connectivity index (χ3v) is 7.33. The van der Waals surface area contributed by atoms with Gasteiger partial charge in [0.25, 0.3) is 5.91 Å². The molecule has 1 aliphatic heterocycles. The fourth-order valence-electron chi connectivity index (χ4n) is 2.47. The van der Waals surface area contributed by atoms with Gasteiger partial charge in [0.2, 0.25) is 5.91 Å². The van der Waals surface area contributed by atoms with Crippen molar-refractivity contribution in [2.45, 2.75) is 16.6 Å². The zero-order valence-electron chi connectivity index (χ0n) is 15.1. The number of hydrogen-bond acceptors (Lipinski definition) is 7. The maximum atomic E-state index is 12.4. The third-order valence-electron chi connectivity index (χ3n) is 4.00. The first-order valence-electron chi connectivity index (χ1n) is 8.29. The molecule has 1 heterocycles. The van der Waals surface area contributed by atoms with Crippen LogP contribution in [0.2, 0.25) is 0 Å². The quantitative estimate of drug-likeness (QED) is 0.640. The molecule has 0 saturated carbocycles. The molecule has 1 N–H and O–H groups in total. The summed E-state index contributed by atoms with van der Waals surface area (Å²) >= 11 is 1.33. The van der Waals surface area contributed by atoms with Gasteiger partial charge >= 0.3 is 5.97 Å². The number of carbonyl (C=O) groups excluding carboxylic acids is 3. The van der Waals surface area contributed by atoms with Crippen LogP contribution in [0.3, 0.4) is 0 Å². The Morgan fingerprint density at radius 2 is 2.00 bits per heavy atom. The van der Waals surface area contributed by atoms with Gasteiger partial charge in [-0.1, -0.05) is 12.1 Å². The van der Waals surface area contributed by atoms with Crippen molar-refractivity contribution in [1.82, 2.24) is 10.2 Å². The number of amides is 2. The highest BCUT2D eigenvalue weighted by Gasteiger charge is 2.29. The summed E-state index contributed by atoms with van der Waals surface area (Å²) in [4.78, 5) is 37.4. The van der Waals surface area contributed by atoms with Crippen LogP contribution < -0.4 is 5.32 Å². The number of thioether (sulfide) groups is 1. The highest BCUT2D eigenvalue weighted by Crippen LogP contribution is 2.33. The van der Waals surface area contributed by atoms with E-state index in [4.69, 9.17) is 4.74 Å². The third kappa shape index (κ3) is 6.24. The molecule has 1 aromatic carbocycles. The standard InChI is InChI=1S/C17H22N2O6S2/c1-18-15(20)9-19(2)16(21)10-25-17(22)13-5-3-4-6-14(13)26-12-7-8-27(23,24)11-12/h3-6,12H,7-11H2,1-2H3,(H,18,20)/t12-/m1/s1. The topological polar surface area (TPSA) is 110 Å². The second kappa shape index (κ2) is 9.23. The van der Waals surface area contributed by atoms with Gasteiger partial charge in [0.1, 0.15) is 0 Å². The Hall–Kier alpha value is -2.07. The number of likely N-dealkylation sites (N-methyl/N-ethyl adjacent to an activating group) is 2. The lowest BCUT2D eigenvalue weighted by molar-refractivity contribution is -0.137. The van der Waals surface area contributed by atoms with Crippen LogP contribution in [0.25, 0.3) is 0 Å². The van der Waals surface area contributed by atoms with Crippen molar-refractivity contribution in [2.75, 3.05) is 38.8 Å². The average molecular weight is 415 g/mol. The van der Waals surface area contributed by atoms with Crippen LogP contribution in [-0.2, 0) is 24.2 Å². The summed E-state index contributed by atoms with van der Waals surface area (Å²) in [5, 5.41) is 2.30. The summed E-state index contributed by atoms with van der Waals surface area (Å²) in [7, 11) is -0.108. The number of esters is 1. The Labute approximate surface area is 162 Å². The minimum Gasteiger partial charge on any atom is -0.452 e. The molecule has 1 aliphatic rings. The molecule has 148 valence electrons. The van der Waals surface area contributed by atoms with E-state index in [1.54, 1.807) is 24.3 Å². The van der Waals surface area contributed by atoms with Crippen molar-refractivity contribution < 1.29 is 27.5 Å². The Morgan fingerprint density at radius 1 is 1.30 bits per heavy atom. The molecule has 0 aliphatic carbocycles. The Bertz CT molecular complexity index is 824. The zero-order chi connectivity index (χ0) is 20.0. The fourth-order valence-corrected chi connectivity index (χ4v) is 6.09. The Kier molecular flexibility index (Phi) is 7.25. The Balaban J connectivity index is 1.96. The number of ether oxygens (including phenoxy) is 1. The monoisotopic (exact) mass is 414 g/mol. The molecular weight excluding hydrogens is 392 g/mol. The normalized spacial score (nSPS) is 17.9. The smallest absolute Gasteiger partial charge is 0.339 e. The van der Waals surface area contributed by atoms with Crippen LogP contribution in [0.15, 0.2) is 29.2 Å². The number of nitrogens with one attached hydrogen (secondary N) is 1. The molecule has 2 rings (SSSR count). The van der Waals surface area contributed by atoms with Crippen molar-refractivity contribution in [3.63, 3.8) is 0 Å². The second-order valence-electron chi connectivity index (χ2n) is 6.14. The first kappa shape index (κ1) is 21.2. The van der Waals surface area contributed by atoms with E-state index in [-0.39, 0.29) is 34.8 Å². The maximum Gasteiger partial charge on any atom is 0.339 e. The molecule has 1 fully saturated rings. The molecule has 0 aromatic heterocycles. The maximum absolute atomic E-state index is 12.4. The average Bonchev–Trinajstić information content (AvgIpc) is 2.97. The van der Waals surface area contributed by atoms with E-state index in [0.717, 1.165) is 4.90 Å². The van der Waals surface area contributed by atoms with Crippen LogP contribution in [-0.4, -0.2) is 75.1 Å². The van der Waals surface area contributed by atoms with Gasteiger partial charge in [-0.3, -0.25) is 9.59 Å². The van der Waals surface area contributed by atoms with Crippen LogP contribution >= 0.6 is 11.8 Å². The molecule has 0 bridgehead atoms. The van der Waals surface area contributed by atoms with E-state index >= 15 is 0 Å². The Morgan fingerprint density at radius 3 is 2.63 bits per heavy atom. The van der Waals surface area contributed by atoms with Crippen LogP contribution in [0.5, 0.6) is 0 Å². The van der Waals surface area contributed by atoms with Crippen LogP contribution in [0, 0.1) is 0 Å². The summed E-state index contributed by atoms with van der Waals surface area (Å²) in [5.41, 5.74) is 0.286. The van der Waals surface area contributed by atoms with E-state index in [9.17, 15) is 22.8 Å².